The van der Waals surface area contributed by atoms with E-state index in [0.29, 0.717) is 44.1 Å². The molecule has 0 radical (unpaired) electrons. The lowest BCUT2D eigenvalue weighted by Gasteiger charge is -2.26. The maximum absolute atomic E-state index is 12.7. The quantitative estimate of drug-likeness (QED) is 0.749. The molecule has 1 N–H and O–H groups in total. The zero-order chi connectivity index (χ0) is 22.3. The van der Waals surface area contributed by atoms with Gasteiger partial charge in [-0.15, -0.1) is 0 Å². The molecular formula is C22H31N5O4. The van der Waals surface area contributed by atoms with Crippen molar-refractivity contribution < 1.29 is 18.6 Å². The lowest BCUT2D eigenvalue weighted by Crippen LogP contribution is -2.40. The number of aromatic nitrogens is 3. The van der Waals surface area contributed by atoms with Gasteiger partial charge in [-0.1, -0.05) is 24.2 Å². The maximum Gasteiger partial charge on any atom is 0.235 e. The van der Waals surface area contributed by atoms with Crippen molar-refractivity contribution in [2.24, 2.45) is 11.8 Å². The number of carbonyl (C=O) groups is 2. The molecule has 2 aromatic rings. The molecule has 2 aliphatic rings. The molecule has 1 aliphatic heterocycles. The Morgan fingerprint density at radius 3 is 2.61 bits per heavy atom. The lowest BCUT2D eigenvalue weighted by atomic mass is 9.80. The third kappa shape index (κ3) is 3.97. The molecule has 1 saturated carbocycles. The van der Waals surface area contributed by atoms with Gasteiger partial charge in [0.1, 0.15) is 5.76 Å². The lowest BCUT2D eigenvalue weighted by molar-refractivity contribution is -0.134. The third-order valence-corrected chi connectivity index (χ3v) is 6.78. The minimum Gasteiger partial charge on any atom is -0.361 e. The summed E-state index contributed by atoms with van der Waals surface area (Å²) in [7, 11) is 0. The Balaban J connectivity index is 1.44. The number of nitrogens with one attached hydrogen (secondary N) is 1. The average Bonchev–Trinajstić information content (AvgIpc) is 3.43. The Morgan fingerprint density at radius 1 is 1.23 bits per heavy atom. The molecule has 4 rings (SSSR count). The Hall–Kier alpha value is -2.71. The van der Waals surface area contributed by atoms with Gasteiger partial charge in [-0.05, 0) is 46.0 Å². The van der Waals surface area contributed by atoms with Crippen LogP contribution in [0.2, 0.25) is 0 Å². The Kier molecular flexibility index (Phi) is 5.61. The van der Waals surface area contributed by atoms with E-state index in [-0.39, 0.29) is 29.7 Å². The summed E-state index contributed by atoms with van der Waals surface area (Å²) in [6, 6.07) is 0.0191. The van der Waals surface area contributed by atoms with E-state index in [0.717, 1.165) is 23.4 Å². The molecule has 31 heavy (non-hydrogen) atoms. The van der Waals surface area contributed by atoms with Gasteiger partial charge in [-0.25, -0.2) is 0 Å². The van der Waals surface area contributed by atoms with E-state index < -0.39 is 5.41 Å². The van der Waals surface area contributed by atoms with Crippen LogP contribution in [0, 0.1) is 32.6 Å². The number of nitrogens with zero attached hydrogens (tertiary/aromatic N) is 4. The smallest absolute Gasteiger partial charge is 0.235 e. The second-order valence-electron chi connectivity index (χ2n) is 9.38. The molecule has 9 nitrogen and oxygen atoms in total. The van der Waals surface area contributed by atoms with Gasteiger partial charge in [-0.2, -0.15) is 4.98 Å². The number of likely N-dealkylation sites (tertiary alicyclic amines) is 1. The van der Waals surface area contributed by atoms with E-state index >= 15 is 0 Å². The second kappa shape index (κ2) is 8.09. The maximum atomic E-state index is 12.7. The first-order valence-electron chi connectivity index (χ1n) is 11.0. The fourth-order valence-corrected chi connectivity index (χ4v) is 5.24. The first-order chi connectivity index (χ1) is 14.7. The van der Waals surface area contributed by atoms with E-state index in [9.17, 15) is 9.59 Å². The van der Waals surface area contributed by atoms with Crippen molar-refractivity contribution in [2.45, 2.75) is 71.8 Å². The van der Waals surface area contributed by atoms with Crippen molar-refractivity contribution in [3.63, 3.8) is 0 Å². The molecule has 0 aromatic carbocycles. The summed E-state index contributed by atoms with van der Waals surface area (Å²) < 4.78 is 10.8. The fourth-order valence-electron chi connectivity index (χ4n) is 5.24. The molecule has 168 valence electrons. The van der Waals surface area contributed by atoms with Gasteiger partial charge in [0.15, 0.2) is 5.82 Å². The van der Waals surface area contributed by atoms with Crippen LogP contribution in [0.25, 0.3) is 0 Å². The van der Waals surface area contributed by atoms with Crippen molar-refractivity contribution >= 4 is 11.8 Å². The number of aryl methyl sites for hydroxylation is 3. The summed E-state index contributed by atoms with van der Waals surface area (Å²) in [6.45, 7) is 10.6. The molecule has 3 atom stereocenters. The highest BCUT2D eigenvalue weighted by Crippen LogP contribution is 2.50. The number of carbonyl (C=O) groups excluding carboxylic acids is 2. The summed E-state index contributed by atoms with van der Waals surface area (Å²) in [5, 5.41) is 11.1. The average molecular weight is 430 g/mol. The molecule has 1 aliphatic carbocycles. The van der Waals surface area contributed by atoms with Gasteiger partial charge in [0.2, 0.25) is 17.7 Å². The van der Waals surface area contributed by atoms with E-state index in [1.807, 2.05) is 32.6 Å². The van der Waals surface area contributed by atoms with Gasteiger partial charge in [0, 0.05) is 37.0 Å². The Bertz CT molecular complexity index is 961. The topological polar surface area (TPSA) is 114 Å². The first-order valence-corrected chi connectivity index (χ1v) is 11.0. The van der Waals surface area contributed by atoms with Crippen molar-refractivity contribution in [3.8, 4) is 0 Å². The highest BCUT2D eigenvalue weighted by molar-refractivity contribution is 5.79. The predicted molar refractivity (Wildman–Crippen MR) is 111 cm³/mol. The minimum atomic E-state index is -0.397. The fraction of sp³-hybridized carbons (Fsp3) is 0.682. The number of rotatable bonds is 6. The van der Waals surface area contributed by atoms with Crippen LogP contribution in [0.1, 0.15) is 61.8 Å². The molecule has 9 heteroatoms. The predicted octanol–water partition coefficient (Wildman–Crippen LogP) is 2.25. The third-order valence-electron chi connectivity index (χ3n) is 6.78. The minimum absolute atomic E-state index is 0.0111. The zero-order valence-corrected chi connectivity index (χ0v) is 18.9. The van der Waals surface area contributed by atoms with E-state index in [2.05, 4.69) is 20.6 Å². The largest absolute Gasteiger partial charge is 0.361 e. The van der Waals surface area contributed by atoms with Gasteiger partial charge in [0.25, 0.3) is 0 Å². The van der Waals surface area contributed by atoms with Gasteiger partial charge in [0.05, 0.1) is 11.1 Å². The molecule has 0 unspecified atom stereocenters. The van der Waals surface area contributed by atoms with E-state index in [1.54, 1.807) is 6.92 Å². The molecule has 2 fully saturated rings. The second-order valence-corrected chi connectivity index (χ2v) is 9.38. The molecule has 1 saturated heterocycles. The normalized spacial score (nSPS) is 25.3. The number of hydrogen-bond donors (Lipinski definition) is 1. The van der Waals surface area contributed by atoms with E-state index in [1.165, 1.54) is 0 Å². The summed E-state index contributed by atoms with van der Waals surface area (Å²) in [4.78, 5) is 31.8. The first kappa shape index (κ1) is 21.5. The van der Waals surface area contributed by atoms with Gasteiger partial charge >= 0.3 is 0 Å². The van der Waals surface area contributed by atoms with Crippen LogP contribution in [-0.2, 0) is 21.4 Å². The highest BCUT2D eigenvalue weighted by Gasteiger charge is 2.58. The summed E-state index contributed by atoms with van der Waals surface area (Å²) in [5.74, 6) is 2.22. The van der Waals surface area contributed by atoms with Gasteiger partial charge in [-0.3, -0.25) is 9.59 Å². The highest BCUT2D eigenvalue weighted by atomic mass is 16.5. The molecular weight excluding hydrogens is 398 g/mol. The molecule has 2 amide bonds. The molecule has 0 spiro atoms. The summed E-state index contributed by atoms with van der Waals surface area (Å²) >= 11 is 0. The van der Waals surface area contributed by atoms with Crippen LogP contribution in [0.3, 0.4) is 0 Å². The zero-order valence-electron chi connectivity index (χ0n) is 18.9. The summed E-state index contributed by atoms with van der Waals surface area (Å²) in [6.07, 6.45) is 2.47. The van der Waals surface area contributed by atoms with Crippen LogP contribution in [0.4, 0.5) is 0 Å². The SMILES string of the molecule is Cc1noc([C@]23C[C@H](NC(=O)CCc4c(C)noc4C)C[C@H]2CN(C(=O)C(C)C)C3)n1. The van der Waals surface area contributed by atoms with Crippen LogP contribution in [0.5, 0.6) is 0 Å². The summed E-state index contributed by atoms with van der Waals surface area (Å²) in [5.41, 5.74) is 1.44. The van der Waals surface area contributed by atoms with Crippen molar-refractivity contribution in [3.05, 3.63) is 28.7 Å². The van der Waals surface area contributed by atoms with Gasteiger partial charge < -0.3 is 19.3 Å². The van der Waals surface area contributed by atoms with Crippen LogP contribution in [-0.4, -0.2) is 51.1 Å². The van der Waals surface area contributed by atoms with E-state index in [4.69, 9.17) is 9.05 Å². The molecule has 0 bridgehead atoms. The molecule has 2 aromatic heterocycles. The Labute approximate surface area is 181 Å². The monoisotopic (exact) mass is 429 g/mol. The van der Waals surface area contributed by atoms with Crippen LogP contribution in [0.15, 0.2) is 9.05 Å². The standard InChI is InChI=1S/C22H31N5O4/c1-12(2)20(29)27-10-16-8-17(9-22(16,11-27)21-23-15(5)26-31-21)24-19(28)7-6-18-13(3)25-30-14(18)4/h12,16-17H,6-11H2,1-5H3,(H,24,28)/t16-,17+,22-/m0/s1. The number of hydrogen-bond acceptors (Lipinski definition) is 7. The number of fused-ring (bicyclic) bond motifs is 1. The number of amides is 2. The molecule has 3 heterocycles. The van der Waals surface area contributed by atoms with Crippen LogP contribution < -0.4 is 5.32 Å². The van der Waals surface area contributed by atoms with Crippen LogP contribution >= 0.6 is 0 Å². The van der Waals surface area contributed by atoms with Crippen molar-refractivity contribution in [1.29, 1.82) is 0 Å². The Morgan fingerprint density at radius 2 is 2.00 bits per heavy atom. The van der Waals surface area contributed by atoms with Crippen molar-refractivity contribution in [2.75, 3.05) is 13.1 Å². The van der Waals surface area contributed by atoms with Crippen molar-refractivity contribution in [1.82, 2.24) is 25.5 Å².